The largest absolute Gasteiger partial charge is 0.348 e. The van der Waals surface area contributed by atoms with Crippen LogP contribution in [0.3, 0.4) is 0 Å². The highest BCUT2D eigenvalue weighted by atomic mass is 79.9. The van der Waals surface area contributed by atoms with E-state index < -0.39 is 0 Å². The Hall–Kier alpha value is -0.970. The summed E-state index contributed by atoms with van der Waals surface area (Å²) < 4.78 is 2.14. The summed E-state index contributed by atoms with van der Waals surface area (Å²) in [6.45, 7) is 5.05. The first-order valence-corrected chi connectivity index (χ1v) is 4.95. The van der Waals surface area contributed by atoms with Crippen LogP contribution in [-0.2, 0) is 11.3 Å². The molecule has 0 aromatic carbocycles. The van der Waals surface area contributed by atoms with Gasteiger partial charge in [-0.1, -0.05) is 0 Å². The first-order valence-electron chi connectivity index (χ1n) is 4.16. The molecule has 0 radical (unpaired) electrons. The third kappa shape index (κ3) is 2.09. The highest BCUT2D eigenvalue weighted by Crippen LogP contribution is 2.16. The number of rotatable bonds is 2. The average molecular weight is 259 g/mol. The van der Waals surface area contributed by atoms with Crippen molar-refractivity contribution in [2.24, 2.45) is 0 Å². The standard InChI is InChI=1S/C9H11BrN2O2/c1-5(13)4-12-7(3)8(10)6(2)11-9(12)14/h4H2,1-3H3. The zero-order chi connectivity index (χ0) is 10.9. The van der Waals surface area contributed by atoms with E-state index in [0.29, 0.717) is 5.69 Å². The molecular formula is C9H11BrN2O2. The number of hydrogen-bond acceptors (Lipinski definition) is 3. The SMILES string of the molecule is CC(=O)Cn1c(C)c(Br)c(C)nc1=O. The molecule has 0 amide bonds. The van der Waals surface area contributed by atoms with Crippen LogP contribution in [0.4, 0.5) is 0 Å². The van der Waals surface area contributed by atoms with Gasteiger partial charge >= 0.3 is 5.69 Å². The maximum Gasteiger partial charge on any atom is 0.348 e. The van der Waals surface area contributed by atoms with E-state index in [1.54, 1.807) is 13.8 Å². The van der Waals surface area contributed by atoms with Crippen molar-refractivity contribution in [3.8, 4) is 0 Å². The van der Waals surface area contributed by atoms with Gasteiger partial charge in [-0.25, -0.2) is 4.79 Å². The fourth-order valence-electron chi connectivity index (χ4n) is 1.19. The van der Waals surface area contributed by atoms with Crippen molar-refractivity contribution < 1.29 is 4.79 Å². The molecule has 0 saturated carbocycles. The Bertz CT molecular complexity index is 437. The van der Waals surface area contributed by atoms with Crippen molar-refractivity contribution in [3.63, 3.8) is 0 Å². The number of aryl methyl sites for hydroxylation is 1. The molecule has 0 N–H and O–H groups in total. The highest BCUT2D eigenvalue weighted by Gasteiger charge is 2.09. The molecule has 4 nitrogen and oxygen atoms in total. The summed E-state index contributed by atoms with van der Waals surface area (Å²) in [5.74, 6) is -0.0623. The minimum absolute atomic E-state index is 0.0623. The quantitative estimate of drug-likeness (QED) is 0.802. The van der Waals surface area contributed by atoms with Gasteiger partial charge in [0, 0.05) is 5.69 Å². The predicted molar refractivity (Wildman–Crippen MR) is 56.4 cm³/mol. The van der Waals surface area contributed by atoms with E-state index in [2.05, 4.69) is 20.9 Å². The van der Waals surface area contributed by atoms with Crippen LogP contribution in [-0.4, -0.2) is 15.3 Å². The second-order valence-corrected chi connectivity index (χ2v) is 3.96. The Morgan fingerprint density at radius 3 is 2.57 bits per heavy atom. The number of nitrogens with zero attached hydrogens (tertiary/aromatic N) is 2. The van der Waals surface area contributed by atoms with Crippen LogP contribution in [0.2, 0.25) is 0 Å². The van der Waals surface area contributed by atoms with Gasteiger partial charge in [0.2, 0.25) is 0 Å². The number of halogens is 1. The third-order valence-electron chi connectivity index (χ3n) is 1.92. The van der Waals surface area contributed by atoms with Gasteiger partial charge in [0.15, 0.2) is 0 Å². The molecule has 0 aliphatic carbocycles. The van der Waals surface area contributed by atoms with Gasteiger partial charge < -0.3 is 0 Å². The van der Waals surface area contributed by atoms with E-state index in [-0.39, 0.29) is 18.0 Å². The smallest absolute Gasteiger partial charge is 0.298 e. The van der Waals surface area contributed by atoms with E-state index in [0.717, 1.165) is 10.2 Å². The highest BCUT2D eigenvalue weighted by molar-refractivity contribution is 9.10. The molecule has 1 heterocycles. The molecule has 0 saturated heterocycles. The number of aromatic nitrogens is 2. The van der Waals surface area contributed by atoms with Gasteiger partial charge in [-0.3, -0.25) is 9.36 Å². The molecule has 0 fully saturated rings. The zero-order valence-corrected chi connectivity index (χ0v) is 9.88. The third-order valence-corrected chi connectivity index (χ3v) is 3.06. The zero-order valence-electron chi connectivity index (χ0n) is 8.30. The normalized spacial score (nSPS) is 10.3. The number of hydrogen-bond donors (Lipinski definition) is 0. The average Bonchev–Trinajstić information content (AvgIpc) is 2.09. The summed E-state index contributed by atoms with van der Waals surface area (Å²) in [6, 6.07) is 0. The van der Waals surface area contributed by atoms with Crippen molar-refractivity contribution in [2.45, 2.75) is 27.3 Å². The lowest BCUT2D eigenvalue weighted by atomic mass is 10.3. The Morgan fingerprint density at radius 2 is 2.07 bits per heavy atom. The number of ketones is 1. The van der Waals surface area contributed by atoms with E-state index in [4.69, 9.17) is 0 Å². The van der Waals surface area contributed by atoms with Crippen LogP contribution in [0, 0.1) is 13.8 Å². The maximum atomic E-state index is 11.4. The van der Waals surface area contributed by atoms with E-state index >= 15 is 0 Å². The Kier molecular flexibility index (Phi) is 3.21. The van der Waals surface area contributed by atoms with Gasteiger partial charge in [0.25, 0.3) is 0 Å². The van der Waals surface area contributed by atoms with Crippen LogP contribution in [0.15, 0.2) is 9.27 Å². The molecule has 14 heavy (non-hydrogen) atoms. The molecule has 1 aromatic heterocycles. The molecule has 0 unspecified atom stereocenters. The van der Waals surface area contributed by atoms with Crippen LogP contribution in [0.1, 0.15) is 18.3 Å². The molecule has 0 aliphatic heterocycles. The number of Topliss-reactive ketones (excluding diaryl/α,β-unsaturated/α-hetero) is 1. The molecule has 0 bridgehead atoms. The van der Waals surface area contributed by atoms with Crippen molar-refractivity contribution in [2.75, 3.05) is 0 Å². The number of carbonyl (C=O) groups excluding carboxylic acids is 1. The first kappa shape index (κ1) is 11.1. The molecule has 1 rings (SSSR count). The van der Waals surface area contributed by atoms with Gasteiger partial charge in [-0.05, 0) is 36.7 Å². The lowest BCUT2D eigenvalue weighted by Gasteiger charge is -2.09. The Balaban J connectivity index is 3.37. The fraction of sp³-hybridized carbons (Fsp3) is 0.444. The van der Waals surface area contributed by atoms with E-state index in [1.807, 2.05) is 0 Å². The fourth-order valence-corrected chi connectivity index (χ4v) is 1.49. The molecule has 5 heteroatoms. The lowest BCUT2D eigenvalue weighted by Crippen LogP contribution is -2.28. The van der Waals surface area contributed by atoms with E-state index in [1.165, 1.54) is 11.5 Å². The Morgan fingerprint density at radius 1 is 1.50 bits per heavy atom. The Labute approximate surface area is 90.1 Å². The van der Waals surface area contributed by atoms with Crippen LogP contribution in [0.25, 0.3) is 0 Å². The monoisotopic (exact) mass is 258 g/mol. The first-order chi connectivity index (χ1) is 6.43. The number of carbonyl (C=O) groups is 1. The van der Waals surface area contributed by atoms with E-state index in [9.17, 15) is 9.59 Å². The predicted octanol–water partition coefficient (Wildman–Crippen LogP) is 1.21. The van der Waals surface area contributed by atoms with Crippen molar-refractivity contribution in [1.29, 1.82) is 0 Å². The summed E-state index contributed by atoms with van der Waals surface area (Å²) >= 11 is 3.32. The molecule has 0 atom stereocenters. The second kappa shape index (κ2) is 4.04. The minimum atomic E-state index is -0.376. The van der Waals surface area contributed by atoms with Crippen LogP contribution in [0.5, 0.6) is 0 Å². The van der Waals surface area contributed by atoms with Gasteiger partial charge in [-0.15, -0.1) is 0 Å². The van der Waals surface area contributed by atoms with Crippen molar-refractivity contribution in [3.05, 3.63) is 26.3 Å². The van der Waals surface area contributed by atoms with Crippen LogP contribution >= 0.6 is 15.9 Å². The summed E-state index contributed by atoms with van der Waals surface area (Å²) in [7, 11) is 0. The minimum Gasteiger partial charge on any atom is -0.298 e. The second-order valence-electron chi connectivity index (χ2n) is 3.17. The summed E-state index contributed by atoms with van der Waals surface area (Å²) in [5, 5.41) is 0. The molecular weight excluding hydrogens is 248 g/mol. The van der Waals surface area contributed by atoms with Crippen molar-refractivity contribution >= 4 is 21.7 Å². The van der Waals surface area contributed by atoms with Crippen LogP contribution < -0.4 is 5.69 Å². The van der Waals surface area contributed by atoms with Gasteiger partial charge in [0.1, 0.15) is 5.78 Å². The molecule has 1 aromatic rings. The van der Waals surface area contributed by atoms with Gasteiger partial charge in [0.05, 0.1) is 16.7 Å². The van der Waals surface area contributed by atoms with Crippen molar-refractivity contribution in [1.82, 2.24) is 9.55 Å². The maximum absolute atomic E-state index is 11.4. The molecule has 0 spiro atoms. The summed E-state index contributed by atoms with van der Waals surface area (Å²) in [5.41, 5.74) is 1.00. The molecule has 0 aliphatic rings. The topological polar surface area (TPSA) is 52.0 Å². The molecule has 76 valence electrons. The van der Waals surface area contributed by atoms with Gasteiger partial charge in [-0.2, -0.15) is 4.98 Å². The summed E-state index contributed by atoms with van der Waals surface area (Å²) in [4.78, 5) is 26.1. The summed E-state index contributed by atoms with van der Waals surface area (Å²) in [6.07, 6.45) is 0. The lowest BCUT2D eigenvalue weighted by molar-refractivity contribution is -0.117.